The molecule has 0 bridgehead atoms. The number of nitrogens with zero attached hydrogens (tertiary/aromatic N) is 5. The molecular weight excluding hydrogens is 380 g/mol. The van der Waals surface area contributed by atoms with Crippen LogP contribution < -0.4 is 21.1 Å². The molecule has 0 aliphatic carbocycles. The third-order valence-corrected chi connectivity index (χ3v) is 7.43. The molecule has 3 aliphatic heterocycles. The lowest BCUT2D eigenvalue weighted by Gasteiger charge is -2.44. The summed E-state index contributed by atoms with van der Waals surface area (Å²) in [5.74, 6) is 1.78. The molecular formula is C21H32N8O. The molecule has 3 aliphatic rings. The predicted octanol–water partition coefficient (Wildman–Crippen LogP) is 1.66. The average Bonchev–Trinajstić information content (AvgIpc) is 3.16. The summed E-state index contributed by atoms with van der Waals surface area (Å²) in [5, 5.41) is 7.66. The van der Waals surface area contributed by atoms with Crippen molar-refractivity contribution in [2.75, 3.05) is 36.0 Å². The third kappa shape index (κ3) is 3.19. The summed E-state index contributed by atoms with van der Waals surface area (Å²) >= 11 is 0. The fourth-order valence-corrected chi connectivity index (χ4v) is 5.33. The van der Waals surface area contributed by atoms with E-state index in [1.54, 1.807) is 0 Å². The molecule has 0 saturated carbocycles. The molecule has 3 atom stereocenters. The van der Waals surface area contributed by atoms with Crippen LogP contribution >= 0.6 is 0 Å². The van der Waals surface area contributed by atoms with Crippen LogP contribution in [0.1, 0.15) is 46.0 Å². The molecule has 9 heteroatoms. The first-order valence-electron chi connectivity index (χ1n) is 11.2. The van der Waals surface area contributed by atoms with Gasteiger partial charge in [0.25, 0.3) is 5.56 Å². The quantitative estimate of drug-likeness (QED) is 0.705. The monoisotopic (exact) mass is 412 g/mol. The van der Waals surface area contributed by atoms with E-state index in [-0.39, 0.29) is 11.0 Å². The van der Waals surface area contributed by atoms with Crippen LogP contribution in [0, 0.1) is 11.3 Å². The number of hydrogen-bond donors (Lipinski definition) is 3. The van der Waals surface area contributed by atoms with Gasteiger partial charge in [-0.1, -0.05) is 13.8 Å². The molecule has 30 heavy (non-hydrogen) atoms. The lowest BCUT2D eigenvalue weighted by molar-refractivity contribution is 0.257. The number of hydrogen-bond acceptors (Lipinski definition) is 7. The van der Waals surface area contributed by atoms with Crippen molar-refractivity contribution in [1.82, 2.24) is 20.2 Å². The van der Waals surface area contributed by atoms with Gasteiger partial charge < -0.3 is 20.5 Å². The molecule has 0 spiro atoms. The van der Waals surface area contributed by atoms with Gasteiger partial charge in [-0.3, -0.25) is 14.9 Å². The highest BCUT2D eigenvalue weighted by atomic mass is 16.1. The van der Waals surface area contributed by atoms with E-state index >= 15 is 0 Å². The Kier molecular flexibility index (Phi) is 4.80. The molecule has 5 heterocycles. The second-order valence-electron chi connectivity index (χ2n) is 9.60. The Labute approximate surface area is 176 Å². The highest BCUT2D eigenvalue weighted by Crippen LogP contribution is 2.35. The Morgan fingerprint density at radius 1 is 1.27 bits per heavy atom. The molecule has 9 nitrogen and oxygen atoms in total. The van der Waals surface area contributed by atoms with Crippen LogP contribution in [0.25, 0.3) is 11.2 Å². The minimum Gasteiger partial charge on any atom is -0.352 e. The summed E-state index contributed by atoms with van der Waals surface area (Å²) in [7, 11) is 0. The van der Waals surface area contributed by atoms with E-state index in [0.29, 0.717) is 41.5 Å². The Morgan fingerprint density at radius 2 is 2.07 bits per heavy atom. The van der Waals surface area contributed by atoms with Crippen LogP contribution in [0.15, 0.2) is 9.79 Å². The number of fused-ring (bicyclic) bond motifs is 2. The number of piperidine rings is 2. The van der Waals surface area contributed by atoms with Gasteiger partial charge in [0, 0.05) is 19.6 Å². The molecule has 162 valence electrons. The van der Waals surface area contributed by atoms with E-state index in [1.165, 1.54) is 0 Å². The number of rotatable bonds is 3. The number of nitrogens with two attached hydrogens (primary N) is 1. The van der Waals surface area contributed by atoms with Crippen molar-refractivity contribution in [2.45, 2.75) is 58.0 Å². The molecule has 5 rings (SSSR count). The molecule has 0 radical (unpaired) electrons. The van der Waals surface area contributed by atoms with Gasteiger partial charge in [0.05, 0.1) is 12.1 Å². The molecule has 3 unspecified atom stereocenters. The minimum absolute atomic E-state index is 0.148. The van der Waals surface area contributed by atoms with Crippen molar-refractivity contribution in [1.29, 1.82) is 0 Å². The highest BCUT2D eigenvalue weighted by Gasteiger charge is 2.38. The van der Waals surface area contributed by atoms with Gasteiger partial charge in [0.1, 0.15) is 5.52 Å². The van der Waals surface area contributed by atoms with E-state index in [0.717, 1.165) is 57.6 Å². The molecule has 2 aromatic rings. The molecule has 2 saturated heterocycles. The van der Waals surface area contributed by atoms with Crippen LogP contribution in [0.2, 0.25) is 0 Å². The topological polar surface area (TPSA) is 119 Å². The average molecular weight is 413 g/mol. The zero-order valence-electron chi connectivity index (χ0n) is 17.9. The van der Waals surface area contributed by atoms with Crippen LogP contribution in [0.3, 0.4) is 0 Å². The maximum Gasteiger partial charge on any atom is 0.291 e. The minimum atomic E-state index is -0.148. The van der Waals surface area contributed by atoms with Gasteiger partial charge in [-0.05, 0) is 56.2 Å². The predicted molar refractivity (Wildman–Crippen MR) is 120 cm³/mol. The van der Waals surface area contributed by atoms with Crippen LogP contribution in [-0.4, -0.2) is 64.6 Å². The zero-order valence-corrected chi connectivity index (χ0v) is 17.9. The standard InChI is InChI=1S/C21H32N8O/c1-13-5-8-23-14-4-3-9-29(16(13)14)18-15-17(26-27-18)25-19(20(30)24-15)28-10-6-21(2,12-22)7-11-28/h8,13-14,16H,3-7,9-12,22H2,1-2H3,(H,24,30)(H,25,26,27). The zero-order chi connectivity index (χ0) is 20.9. The maximum atomic E-state index is 13.0. The fourth-order valence-electron chi connectivity index (χ4n) is 5.33. The van der Waals surface area contributed by atoms with Gasteiger partial charge >= 0.3 is 0 Å². The molecule has 0 aromatic carbocycles. The lowest BCUT2D eigenvalue weighted by atomic mass is 9.80. The molecule has 4 N–H and O–H groups in total. The van der Waals surface area contributed by atoms with Crippen molar-refractivity contribution in [3.8, 4) is 0 Å². The smallest absolute Gasteiger partial charge is 0.291 e. The van der Waals surface area contributed by atoms with Crippen LogP contribution in [-0.2, 0) is 0 Å². The van der Waals surface area contributed by atoms with Gasteiger partial charge in [0.15, 0.2) is 17.3 Å². The lowest BCUT2D eigenvalue weighted by Crippen LogP contribution is -2.53. The van der Waals surface area contributed by atoms with E-state index in [1.807, 2.05) is 0 Å². The van der Waals surface area contributed by atoms with E-state index < -0.39 is 0 Å². The SMILES string of the molecule is CC1CC=NC2CCCN(c3n[nH]c4nc(N5CCC(C)(CN)CC5)c(=O)[nH]c34)C12. The first-order chi connectivity index (χ1) is 14.5. The van der Waals surface area contributed by atoms with E-state index in [9.17, 15) is 4.79 Å². The molecule has 2 aromatic heterocycles. The first kappa shape index (κ1) is 19.5. The summed E-state index contributed by atoms with van der Waals surface area (Å²) in [6, 6.07) is 0.618. The Morgan fingerprint density at radius 3 is 2.83 bits per heavy atom. The summed E-state index contributed by atoms with van der Waals surface area (Å²) in [4.78, 5) is 29.9. The molecule has 0 amide bonds. The summed E-state index contributed by atoms with van der Waals surface area (Å²) < 4.78 is 0. The third-order valence-electron chi connectivity index (χ3n) is 7.43. The first-order valence-corrected chi connectivity index (χ1v) is 11.2. The van der Waals surface area contributed by atoms with Gasteiger partial charge in [0.2, 0.25) is 0 Å². The molecule has 2 fully saturated rings. The summed E-state index contributed by atoms with van der Waals surface area (Å²) in [5.41, 5.74) is 7.27. The Hall–Kier alpha value is -2.42. The number of aromatic amines is 2. The number of H-pyrrole nitrogens is 2. The second-order valence-corrected chi connectivity index (χ2v) is 9.60. The van der Waals surface area contributed by atoms with Crippen molar-refractivity contribution in [3.63, 3.8) is 0 Å². The van der Waals surface area contributed by atoms with Gasteiger partial charge in [-0.15, -0.1) is 0 Å². The normalized spacial score (nSPS) is 28.7. The van der Waals surface area contributed by atoms with Crippen LogP contribution in [0.4, 0.5) is 11.6 Å². The number of nitrogens with one attached hydrogen (secondary N) is 2. The largest absolute Gasteiger partial charge is 0.352 e. The van der Waals surface area contributed by atoms with Gasteiger partial charge in [-0.2, -0.15) is 5.10 Å². The van der Waals surface area contributed by atoms with Crippen molar-refractivity contribution in [2.24, 2.45) is 22.1 Å². The Balaban J connectivity index is 1.46. The van der Waals surface area contributed by atoms with Crippen LogP contribution in [0.5, 0.6) is 0 Å². The fraction of sp³-hybridized carbons (Fsp3) is 0.714. The number of anilines is 2. The van der Waals surface area contributed by atoms with Crippen molar-refractivity contribution >= 4 is 29.0 Å². The van der Waals surface area contributed by atoms with E-state index in [2.05, 4.69) is 50.0 Å². The Bertz CT molecular complexity index is 1000. The van der Waals surface area contributed by atoms with E-state index in [4.69, 9.17) is 10.7 Å². The van der Waals surface area contributed by atoms with Crippen molar-refractivity contribution < 1.29 is 0 Å². The number of aliphatic imine (C=N–C) groups is 1. The summed E-state index contributed by atoms with van der Waals surface area (Å²) in [6.07, 6.45) is 7.17. The highest BCUT2D eigenvalue weighted by molar-refractivity contribution is 5.84. The number of aromatic nitrogens is 4. The van der Waals surface area contributed by atoms with Gasteiger partial charge in [-0.25, -0.2) is 4.98 Å². The summed E-state index contributed by atoms with van der Waals surface area (Å²) in [6.45, 7) is 7.68. The second kappa shape index (κ2) is 7.37. The maximum absolute atomic E-state index is 13.0. The van der Waals surface area contributed by atoms with Crippen molar-refractivity contribution in [3.05, 3.63) is 10.4 Å².